The van der Waals surface area contributed by atoms with Crippen molar-refractivity contribution < 1.29 is 5.11 Å². The van der Waals surface area contributed by atoms with Crippen molar-refractivity contribution in [1.82, 2.24) is 0 Å². The molecular formula is C14H16Cl2O. The van der Waals surface area contributed by atoms with Crippen LogP contribution in [0, 0.1) is 11.8 Å². The van der Waals surface area contributed by atoms with E-state index < -0.39 is 5.60 Å². The van der Waals surface area contributed by atoms with Gasteiger partial charge in [-0.1, -0.05) is 29.3 Å². The van der Waals surface area contributed by atoms with E-state index in [0.29, 0.717) is 22.4 Å². The van der Waals surface area contributed by atoms with Gasteiger partial charge in [0.15, 0.2) is 0 Å². The highest BCUT2D eigenvalue weighted by molar-refractivity contribution is 6.35. The highest BCUT2D eigenvalue weighted by atomic mass is 35.5. The molecule has 0 aromatic heterocycles. The summed E-state index contributed by atoms with van der Waals surface area (Å²) in [4.78, 5) is 0. The topological polar surface area (TPSA) is 20.2 Å². The van der Waals surface area contributed by atoms with Crippen molar-refractivity contribution in [3.05, 3.63) is 33.8 Å². The van der Waals surface area contributed by atoms with Crippen LogP contribution in [0.5, 0.6) is 0 Å². The lowest BCUT2D eigenvalue weighted by molar-refractivity contribution is -0.0124. The van der Waals surface area contributed by atoms with Crippen LogP contribution in [0.25, 0.3) is 0 Å². The third-order valence-electron chi connectivity index (χ3n) is 4.45. The van der Waals surface area contributed by atoms with Gasteiger partial charge < -0.3 is 5.11 Å². The Kier molecular flexibility index (Phi) is 2.89. The fourth-order valence-electron chi connectivity index (χ4n) is 3.63. The van der Waals surface area contributed by atoms with Gasteiger partial charge in [0.2, 0.25) is 0 Å². The molecule has 0 heterocycles. The zero-order valence-electron chi connectivity index (χ0n) is 9.63. The molecule has 0 aliphatic heterocycles. The van der Waals surface area contributed by atoms with E-state index in [2.05, 4.69) is 0 Å². The highest BCUT2D eigenvalue weighted by Crippen LogP contribution is 2.52. The molecule has 3 unspecified atom stereocenters. The van der Waals surface area contributed by atoms with E-state index in [9.17, 15) is 5.11 Å². The van der Waals surface area contributed by atoms with Gasteiger partial charge >= 0.3 is 0 Å². The third kappa shape index (κ3) is 2.09. The van der Waals surface area contributed by atoms with Crippen LogP contribution in [0.3, 0.4) is 0 Å². The summed E-state index contributed by atoms with van der Waals surface area (Å²) in [7, 11) is 0. The van der Waals surface area contributed by atoms with Crippen LogP contribution < -0.4 is 0 Å². The summed E-state index contributed by atoms with van der Waals surface area (Å²) in [5, 5.41) is 12.1. The average Bonchev–Trinajstić information content (AvgIpc) is 2.82. The SMILES string of the molecule is OC1(Cc2ccc(Cl)cc2Cl)CC2CCC1C2. The molecule has 2 saturated carbocycles. The summed E-state index contributed by atoms with van der Waals surface area (Å²) >= 11 is 12.1. The maximum atomic E-state index is 10.7. The maximum absolute atomic E-state index is 10.7. The lowest BCUT2D eigenvalue weighted by Gasteiger charge is -2.32. The summed E-state index contributed by atoms with van der Waals surface area (Å²) in [6.45, 7) is 0. The molecule has 17 heavy (non-hydrogen) atoms. The van der Waals surface area contributed by atoms with Crippen molar-refractivity contribution in [2.45, 2.75) is 37.7 Å². The monoisotopic (exact) mass is 270 g/mol. The van der Waals surface area contributed by atoms with Crippen molar-refractivity contribution in [2.75, 3.05) is 0 Å². The fraction of sp³-hybridized carbons (Fsp3) is 0.571. The molecule has 0 radical (unpaired) electrons. The van der Waals surface area contributed by atoms with Crippen LogP contribution >= 0.6 is 23.2 Å². The summed E-state index contributed by atoms with van der Waals surface area (Å²) < 4.78 is 0. The number of hydrogen-bond acceptors (Lipinski definition) is 1. The molecule has 1 N–H and O–H groups in total. The predicted octanol–water partition coefficient (Wildman–Crippen LogP) is 4.09. The Morgan fingerprint density at radius 3 is 2.71 bits per heavy atom. The van der Waals surface area contributed by atoms with Gasteiger partial charge in [0.1, 0.15) is 0 Å². The zero-order valence-corrected chi connectivity index (χ0v) is 11.1. The quantitative estimate of drug-likeness (QED) is 0.859. The van der Waals surface area contributed by atoms with Crippen molar-refractivity contribution in [3.63, 3.8) is 0 Å². The Balaban J connectivity index is 1.83. The van der Waals surface area contributed by atoms with Crippen LogP contribution in [-0.4, -0.2) is 10.7 Å². The summed E-state index contributed by atoms with van der Waals surface area (Å²) in [6.07, 6.45) is 5.27. The van der Waals surface area contributed by atoms with E-state index >= 15 is 0 Å². The first-order valence-corrected chi connectivity index (χ1v) is 6.99. The van der Waals surface area contributed by atoms with Crippen molar-refractivity contribution in [2.24, 2.45) is 11.8 Å². The Morgan fingerprint density at radius 2 is 2.12 bits per heavy atom. The molecule has 3 rings (SSSR count). The Bertz CT molecular complexity index is 446. The minimum absolute atomic E-state index is 0.472. The van der Waals surface area contributed by atoms with Crippen molar-refractivity contribution >= 4 is 23.2 Å². The minimum Gasteiger partial charge on any atom is -0.389 e. The van der Waals surface area contributed by atoms with Gasteiger partial charge in [-0.2, -0.15) is 0 Å². The second-order valence-corrected chi connectivity index (χ2v) is 6.44. The molecular weight excluding hydrogens is 255 g/mol. The zero-order chi connectivity index (χ0) is 12.0. The van der Waals surface area contributed by atoms with Crippen LogP contribution in [0.2, 0.25) is 10.0 Å². The Labute approximate surface area is 112 Å². The lowest BCUT2D eigenvalue weighted by atomic mass is 9.80. The molecule has 0 amide bonds. The summed E-state index contributed by atoms with van der Waals surface area (Å²) in [5.74, 6) is 1.20. The van der Waals surface area contributed by atoms with Gasteiger partial charge in [0.05, 0.1) is 5.60 Å². The fourth-order valence-corrected chi connectivity index (χ4v) is 4.10. The molecule has 3 heteroatoms. The number of benzene rings is 1. The molecule has 2 aliphatic rings. The maximum Gasteiger partial charge on any atom is 0.0719 e. The molecule has 1 aromatic rings. The molecule has 0 spiro atoms. The number of halogens is 2. The van der Waals surface area contributed by atoms with E-state index in [1.54, 1.807) is 6.07 Å². The summed E-state index contributed by atoms with van der Waals surface area (Å²) in [6, 6.07) is 5.54. The van der Waals surface area contributed by atoms with Crippen molar-refractivity contribution in [1.29, 1.82) is 0 Å². The largest absolute Gasteiger partial charge is 0.389 e. The smallest absolute Gasteiger partial charge is 0.0719 e. The van der Waals surface area contributed by atoms with E-state index in [0.717, 1.165) is 17.9 Å². The number of fused-ring (bicyclic) bond motifs is 2. The van der Waals surface area contributed by atoms with Gasteiger partial charge in [-0.15, -0.1) is 0 Å². The van der Waals surface area contributed by atoms with Crippen LogP contribution in [-0.2, 0) is 6.42 Å². The number of hydrogen-bond donors (Lipinski definition) is 1. The first kappa shape index (κ1) is 11.8. The van der Waals surface area contributed by atoms with Gasteiger partial charge in [-0.3, -0.25) is 0 Å². The normalized spacial score (nSPS) is 35.5. The molecule has 1 nitrogen and oxygen atoms in total. The Hall–Kier alpha value is -0.240. The minimum atomic E-state index is -0.527. The van der Waals surface area contributed by atoms with Crippen LogP contribution in [0.4, 0.5) is 0 Å². The molecule has 3 atom stereocenters. The second-order valence-electron chi connectivity index (χ2n) is 5.60. The number of aliphatic hydroxyl groups is 1. The average molecular weight is 271 g/mol. The van der Waals surface area contributed by atoms with Crippen molar-refractivity contribution in [3.8, 4) is 0 Å². The Morgan fingerprint density at radius 1 is 1.29 bits per heavy atom. The first-order chi connectivity index (χ1) is 8.07. The molecule has 2 aliphatic carbocycles. The summed E-state index contributed by atoms with van der Waals surface area (Å²) in [5.41, 5.74) is 0.492. The molecule has 1 aromatic carbocycles. The third-order valence-corrected chi connectivity index (χ3v) is 5.04. The van der Waals surface area contributed by atoms with Gasteiger partial charge in [-0.25, -0.2) is 0 Å². The molecule has 2 fully saturated rings. The van der Waals surface area contributed by atoms with E-state index in [1.165, 1.54) is 19.3 Å². The van der Waals surface area contributed by atoms with Gasteiger partial charge in [0, 0.05) is 16.5 Å². The van der Waals surface area contributed by atoms with Gasteiger partial charge in [0.25, 0.3) is 0 Å². The first-order valence-electron chi connectivity index (χ1n) is 6.23. The lowest BCUT2D eigenvalue weighted by Crippen LogP contribution is -2.37. The van der Waals surface area contributed by atoms with Gasteiger partial charge in [-0.05, 0) is 55.2 Å². The van der Waals surface area contributed by atoms with E-state index in [4.69, 9.17) is 23.2 Å². The highest BCUT2D eigenvalue weighted by Gasteiger charge is 2.49. The number of rotatable bonds is 2. The standard InChI is InChI=1S/C14H16Cl2O/c15-12-4-2-10(13(16)6-12)8-14(17)7-9-1-3-11(14)5-9/h2,4,6,9,11,17H,1,3,5,7-8H2. The van der Waals surface area contributed by atoms with Crippen LogP contribution in [0.1, 0.15) is 31.2 Å². The molecule has 0 saturated heterocycles. The second kappa shape index (κ2) is 4.15. The van der Waals surface area contributed by atoms with Crippen LogP contribution in [0.15, 0.2) is 18.2 Å². The van der Waals surface area contributed by atoms with E-state index in [1.807, 2.05) is 12.1 Å². The molecule has 2 bridgehead atoms. The predicted molar refractivity (Wildman–Crippen MR) is 70.6 cm³/mol. The van der Waals surface area contributed by atoms with E-state index in [-0.39, 0.29) is 0 Å². The molecule has 92 valence electrons.